The summed E-state index contributed by atoms with van der Waals surface area (Å²) in [5.74, 6) is -1.09. The fourth-order valence-electron chi connectivity index (χ4n) is 1.84. The Kier molecular flexibility index (Phi) is 2.50. The van der Waals surface area contributed by atoms with Crippen LogP contribution in [0.5, 0.6) is 0 Å². The highest BCUT2D eigenvalue weighted by Gasteiger charge is 2.22. The van der Waals surface area contributed by atoms with E-state index in [0.29, 0.717) is 24.8 Å². The molecule has 0 aliphatic heterocycles. The van der Waals surface area contributed by atoms with Crippen molar-refractivity contribution >= 4 is 5.78 Å². The second kappa shape index (κ2) is 3.68. The summed E-state index contributed by atoms with van der Waals surface area (Å²) < 4.78 is 37.9. The third-order valence-corrected chi connectivity index (χ3v) is 2.61. The maximum Gasteiger partial charge on any atom is 0.266 e. The number of carbonyl (C=O) groups excluding carboxylic acids is 1. The fraction of sp³-hybridized carbons (Fsp3) is 0.364. The van der Waals surface area contributed by atoms with E-state index < -0.39 is 17.8 Å². The monoisotopic (exact) mass is 214 g/mol. The summed E-state index contributed by atoms with van der Waals surface area (Å²) in [4.78, 5) is 11.4. The molecule has 0 radical (unpaired) electrons. The van der Waals surface area contributed by atoms with E-state index in [1.165, 1.54) is 0 Å². The molecule has 1 aromatic carbocycles. The average Bonchev–Trinajstić information content (AvgIpc) is 2.16. The summed E-state index contributed by atoms with van der Waals surface area (Å²) in [6.07, 6.45) is -1.26. The van der Waals surface area contributed by atoms with E-state index in [9.17, 15) is 18.0 Å². The van der Waals surface area contributed by atoms with E-state index in [-0.39, 0.29) is 11.3 Å². The van der Waals surface area contributed by atoms with Gasteiger partial charge in [-0.1, -0.05) is 0 Å². The number of benzene rings is 1. The molecule has 0 bridgehead atoms. The number of rotatable bonds is 1. The molecule has 0 amide bonds. The number of Topliss-reactive ketones (excluding diaryl/α,β-unsaturated/α-hetero) is 1. The molecule has 1 aliphatic rings. The molecular formula is C11H9F3O. The normalized spacial score (nSPS) is 15.6. The van der Waals surface area contributed by atoms with Crippen molar-refractivity contribution in [2.45, 2.75) is 25.7 Å². The summed E-state index contributed by atoms with van der Waals surface area (Å²) in [6, 6.07) is 2.06. The molecule has 1 nitrogen and oxygen atoms in total. The van der Waals surface area contributed by atoms with Crippen molar-refractivity contribution in [1.29, 1.82) is 0 Å². The Morgan fingerprint density at radius 2 is 1.93 bits per heavy atom. The van der Waals surface area contributed by atoms with Crippen LogP contribution < -0.4 is 0 Å². The van der Waals surface area contributed by atoms with Gasteiger partial charge in [-0.25, -0.2) is 13.2 Å². The Labute approximate surface area is 84.9 Å². The lowest BCUT2D eigenvalue weighted by Gasteiger charge is -2.16. The van der Waals surface area contributed by atoms with Crippen LogP contribution in [0.15, 0.2) is 12.1 Å². The quantitative estimate of drug-likeness (QED) is 0.701. The summed E-state index contributed by atoms with van der Waals surface area (Å²) >= 11 is 0. The third kappa shape index (κ3) is 1.76. The number of carbonyl (C=O) groups is 1. The smallest absolute Gasteiger partial charge is 0.266 e. The van der Waals surface area contributed by atoms with Crippen LogP contribution in [0.25, 0.3) is 0 Å². The second-order valence-corrected chi connectivity index (χ2v) is 3.61. The van der Waals surface area contributed by atoms with Gasteiger partial charge in [0, 0.05) is 12.0 Å². The predicted molar refractivity (Wildman–Crippen MR) is 48.6 cm³/mol. The zero-order valence-electron chi connectivity index (χ0n) is 7.90. The van der Waals surface area contributed by atoms with Crippen LogP contribution in [0.3, 0.4) is 0 Å². The van der Waals surface area contributed by atoms with Crippen molar-refractivity contribution in [1.82, 2.24) is 0 Å². The number of halogens is 3. The Morgan fingerprint density at radius 3 is 2.60 bits per heavy atom. The SMILES string of the molecule is O=C1CCCc2cc(F)c(C(F)F)cc21. The van der Waals surface area contributed by atoms with Crippen LogP contribution in [0.4, 0.5) is 13.2 Å². The minimum absolute atomic E-state index is 0.168. The van der Waals surface area contributed by atoms with Gasteiger partial charge in [0.05, 0.1) is 5.56 Å². The molecule has 1 aliphatic carbocycles. The minimum atomic E-state index is -2.87. The Bertz CT molecular complexity index is 413. The highest BCUT2D eigenvalue weighted by molar-refractivity contribution is 5.98. The highest BCUT2D eigenvalue weighted by Crippen LogP contribution is 2.29. The predicted octanol–water partition coefficient (Wildman–Crippen LogP) is 3.28. The van der Waals surface area contributed by atoms with Gasteiger partial charge in [0.1, 0.15) is 5.82 Å². The van der Waals surface area contributed by atoms with Gasteiger partial charge < -0.3 is 0 Å². The number of hydrogen-bond donors (Lipinski definition) is 0. The first-order chi connectivity index (χ1) is 7.09. The number of hydrogen-bond acceptors (Lipinski definition) is 1. The first-order valence-corrected chi connectivity index (χ1v) is 4.73. The van der Waals surface area contributed by atoms with Crippen molar-refractivity contribution in [3.05, 3.63) is 34.6 Å². The van der Waals surface area contributed by atoms with Gasteiger partial charge in [-0.15, -0.1) is 0 Å². The van der Waals surface area contributed by atoms with Gasteiger partial charge in [0.15, 0.2) is 5.78 Å². The van der Waals surface area contributed by atoms with Crippen LogP contribution >= 0.6 is 0 Å². The number of aryl methyl sites for hydroxylation is 1. The average molecular weight is 214 g/mol. The first-order valence-electron chi connectivity index (χ1n) is 4.73. The summed E-state index contributed by atoms with van der Waals surface area (Å²) in [6.45, 7) is 0. The lowest BCUT2D eigenvalue weighted by atomic mass is 9.89. The molecule has 0 N–H and O–H groups in total. The largest absolute Gasteiger partial charge is 0.294 e. The van der Waals surface area contributed by atoms with Gasteiger partial charge in [-0.3, -0.25) is 4.79 Å². The molecule has 0 aromatic heterocycles. The van der Waals surface area contributed by atoms with Gasteiger partial charge in [0.25, 0.3) is 6.43 Å². The number of fused-ring (bicyclic) bond motifs is 1. The molecule has 0 heterocycles. The van der Waals surface area contributed by atoms with Crippen LogP contribution in [-0.2, 0) is 6.42 Å². The van der Waals surface area contributed by atoms with Crippen molar-refractivity contribution in [2.24, 2.45) is 0 Å². The van der Waals surface area contributed by atoms with Crippen LogP contribution in [0.1, 0.15) is 40.8 Å². The van der Waals surface area contributed by atoms with Crippen molar-refractivity contribution in [3.63, 3.8) is 0 Å². The summed E-state index contributed by atoms with van der Waals surface area (Å²) in [5, 5.41) is 0. The highest BCUT2D eigenvalue weighted by atomic mass is 19.3. The summed E-state index contributed by atoms with van der Waals surface area (Å²) in [5.41, 5.74) is 0.134. The number of alkyl halides is 2. The van der Waals surface area contributed by atoms with Crippen molar-refractivity contribution in [2.75, 3.05) is 0 Å². The zero-order chi connectivity index (χ0) is 11.0. The van der Waals surface area contributed by atoms with Crippen LogP contribution in [0, 0.1) is 5.82 Å². The standard InChI is InChI=1S/C11H9F3O/c12-9-4-6-2-1-3-10(15)7(6)5-8(9)11(13)14/h4-5,11H,1-3H2. The second-order valence-electron chi connectivity index (χ2n) is 3.61. The maximum atomic E-state index is 13.2. The molecule has 4 heteroatoms. The van der Waals surface area contributed by atoms with E-state index in [4.69, 9.17) is 0 Å². The maximum absolute atomic E-state index is 13.2. The molecule has 0 atom stereocenters. The Hall–Kier alpha value is -1.32. The van der Waals surface area contributed by atoms with Gasteiger partial charge >= 0.3 is 0 Å². The Morgan fingerprint density at radius 1 is 1.20 bits per heavy atom. The third-order valence-electron chi connectivity index (χ3n) is 2.61. The Balaban J connectivity index is 2.55. The van der Waals surface area contributed by atoms with E-state index in [1.807, 2.05) is 0 Å². The minimum Gasteiger partial charge on any atom is -0.294 e. The topological polar surface area (TPSA) is 17.1 Å². The fourth-order valence-corrected chi connectivity index (χ4v) is 1.84. The van der Waals surface area contributed by atoms with Gasteiger partial charge in [0.2, 0.25) is 0 Å². The first kappa shape index (κ1) is 10.2. The zero-order valence-corrected chi connectivity index (χ0v) is 7.90. The summed E-state index contributed by atoms with van der Waals surface area (Å²) in [7, 11) is 0. The molecular weight excluding hydrogens is 205 g/mol. The lowest BCUT2D eigenvalue weighted by Crippen LogP contribution is -2.12. The van der Waals surface area contributed by atoms with E-state index in [2.05, 4.69) is 0 Å². The molecule has 80 valence electrons. The molecule has 2 rings (SSSR count). The van der Waals surface area contributed by atoms with E-state index >= 15 is 0 Å². The van der Waals surface area contributed by atoms with E-state index in [0.717, 1.165) is 12.1 Å². The van der Waals surface area contributed by atoms with Crippen molar-refractivity contribution in [3.8, 4) is 0 Å². The molecule has 0 saturated carbocycles. The molecule has 1 aromatic rings. The molecule has 0 unspecified atom stereocenters. The molecule has 0 saturated heterocycles. The van der Waals surface area contributed by atoms with Crippen LogP contribution in [0.2, 0.25) is 0 Å². The van der Waals surface area contributed by atoms with Crippen LogP contribution in [-0.4, -0.2) is 5.78 Å². The molecule has 15 heavy (non-hydrogen) atoms. The lowest BCUT2D eigenvalue weighted by molar-refractivity contribution is 0.0971. The molecule has 0 fully saturated rings. The van der Waals surface area contributed by atoms with Gasteiger partial charge in [-0.05, 0) is 30.5 Å². The van der Waals surface area contributed by atoms with Crippen molar-refractivity contribution < 1.29 is 18.0 Å². The van der Waals surface area contributed by atoms with E-state index in [1.54, 1.807) is 0 Å². The van der Waals surface area contributed by atoms with Gasteiger partial charge in [-0.2, -0.15) is 0 Å². The molecule has 0 spiro atoms. The number of ketones is 1.